The van der Waals surface area contributed by atoms with E-state index in [0.29, 0.717) is 0 Å². The fourth-order valence-electron chi connectivity index (χ4n) is 2.60. The molecule has 1 N–H and O–H groups in total. The molecule has 1 aliphatic rings. The molecule has 0 aromatic heterocycles. The zero-order valence-corrected chi connectivity index (χ0v) is 11.5. The molecular formula is C16H13ClFNO. The second-order valence-corrected chi connectivity index (χ2v) is 5.36. The normalized spacial score (nSPS) is 14.1. The Hall–Kier alpha value is -1.87. The molecule has 3 rings (SSSR count). The largest absolute Gasteiger partial charge is 0.349 e. The number of hydrogen-bond donors (Lipinski definition) is 1. The van der Waals surface area contributed by atoms with Crippen molar-refractivity contribution in [3.8, 4) is 0 Å². The zero-order valence-electron chi connectivity index (χ0n) is 10.7. The van der Waals surface area contributed by atoms with Crippen molar-refractivity contribution in [3.05, 3.63) is 70.0 Å². The van der Waals surface area contributed by atoms with Gasteiger partial charge in [-0.1, -0.05) is 41.9 Å². The number of halogens is 2. The summed E-state index contributed by atoms with van der Waals surface area (Å²) in [6.45, 7) is 0. The van der Waals surface area contributed by atoms with Crippen LogP contribution in [-0.4, -0.2) is 11.9 Å². The quantitative estimate of drug-likeness (QED) is 0.902. The zero-order chi connectivity index (χ0) is 14.1. The van der Waals surface area contributed by atoms with Crippen LogP contribution in [0.15, 0.2) is 42.5 Å². The Morgan fingerprint density at radius 2 is 1.75 bits per heavy atom. The van der Waals surface area contributed by atoms with E-state index >= 15 is 0 Å². The van der Waals surface area contributed by atoms with Crippen LogP contribution >= 0.6 is 11.6 Å². The van der Waals surface area contributed by atoms with Crippen LogP contribution in [-0.2, 0) is 12.8 Å². The minimum absolute atomic E-state index is 0.00606. The van der Waals surface area contributed by atoms with Crippen LogP contribution in [0.3, 0.4) is 0 Å². The Balaban J connectivity index is 1.74. The average molecular weight is 290 g/mol. The minimum atomic E-state index is -0.665. The van der Waals surface area contributed by atoms with Crippen molar-refractivity contribution in [2.75, 3.05) is 0 Å². The Kier molecular flexibility index (Phi) is 3.45. The van der Waals surface area contributed by atoms with Gasteiger partial charge in [-0.05, 0) is 36.1 Å². The summed E-state index contributed by atoms with van der Waals surface area (Å²) in [5, 5.41) is 2.84. The lowest BCUT2D eigenvalue weighted by atomic mass is 10.1. The van der Waals surface area contributed by atoms with E-state index in [4.69, 9.17) is 11.6 Å². The summed E-state index contributed by atoms with van der Waals surface area (Å²) < 4.78 is 13.8. The Morgan fingerprint density at radius 1 is 1.10 bits per heavy atom. The van der Waals surface area contributed by atoms with E-state index in [1.54, 1.807) is 6.07 Å². The van der Waals surface area contributed by atoms with Gasteiger partial charge in [-0.2, -0.15) is 0 Å². The van der Waals surface area contributed by atoms with Crippen molar-refractivity contribution < 1.29 is 9.18 Å². The third kappa shape index (κ3) is 2.41. The highest BCUT2D eigenvalue weighted by Gasteiger charge is 2.24. The van der Waals surface area contributed by atoms with Gasteiger partial charge < -0.3 is 5.32 Å². The summed E-state index contributed by atoms with van der Waals surface area (Å²) >= 11 is 5.69. The number of carbonyl (C=O) groups excluding carboxylic acids is 1. The predicted molar refractivity (Wildman–Crippen MR) is 76.5 cm³/mol. The molecule has 0 bridgehead atoms. The molecule has 4 heteroatoms. The molecule has 2 aromatic rings. The van der Waals surface area contributed by atoms with E-state index < -0.39 is 11.7 Å². The average Bonchev–Trinajstić information content (AvgIpc) is 2.83. The molecule has 0 saturated heterocycles. The highest BCUT2D eigenvalue weighted by atomic mass is 35.5. The molecule has 0 unspecified atom stereocenters. The van der Waals surface area contributed by atoms with Gasteiger partial charge in [0, 0.05) is 6.04 Å². The molecule has 0 saturated carbocycles. The molecule has 1 aliphatic carbocycles. The van der Waals surface area contributed by atoms with Crippen molar-refractivity contribution in [2.45, 2.75) is 18.9 Å². The number of rotatable bonds is 2. The van der Waals surface area contributed by atoms with E-state index in [2.05, 4.69) is 17.4 Å². The van der Waals surface area contributed by atoms with E-state index in [1.165, 1.54) is 23.3 Å². The molecule has 0 aliphatic heterocycles. The van der Waals surface area contributed by atoms with Crippen LogP contribution < -0.4 is 5.32 Å². The number of fused-ring (bicyclic) bond motifs is 1. The van der Waals surface area contributed by atoms with E-state index in [1.807, 2.05) is 12.1 Å². The number of carbonyl (C=O) groups is 1. The third-order valence-electron chi connectivity index (χ3n) is 3.58. The third-order valence-corrected chi connectivity index (χ3v) is 3.87. The lowest BCUT2D eigenvalue weighted by Gasteiger charge is -2.12. The van der Waals surface area contributed by atoms with Gasteiger partial charge in [-0.15, -0.1) is 0 Å². The summed E-state index contributed by atoms with van der Waals surface area (Å²) in [4.78, 5) is 12.1. The first-order chi connectivity index (χ1) is 9.65. The first kappa shape index (κ1) is 13.1. The highest BCUT2D eigenvalue weighted by molar-refractivity contribution is 6.31. The van der Waals surface area contributed by atoms with E-state index in [0.717, 1.165) is 12.8 Å². The van der Waals surface area contributed by atoms with Crippen molar-refractivity contribution in [2.24, 2.45) is 0 Å². The number of benzene rings is 2. The topological polar surface area (TPSA) is 29.1 Å². The van der Waals surface area contributed by atoms with Crippen LogP contribution in [0.25, 0.3) is 0 Å². The van der Waals surface area contributed by atoms with Crippen LogP contribution in [0.2, 0.25) is 5.02 Å². The maximum atomic E-state index is 13.8. The predicted octanol–water partition coefficient (Wildman–Crippen LogP) is 3.38. The molecule has 0 fully saturated rings. The van der Waals surface area contributed by atoms with Crippen molar-refractivity contribution in [1.82, 2.24) is 5.32 Å². The summed E-state index contributed by atoms with van der Waals surface area (Å²) in [6, 6.07) is 12.5. The van der Waals surface area contributed by atoms with Gasteiger partial charge in [-0.3, -0.25) is 4.79 Å². The maximum absolute atomic E-state index is 13.8. The Labute approximate surface area is 121 Å². The lowest BCUT2D eigenvalue weighted by Crippen LogP contribution is -2.35. The number of hydrogen-bond acceptors (Lipinski definition) is 1. The van der Waals surface area contributed by atoms with Crippen molar-refractivity contribution in [1.29, 1.82) is 0 Å². The molecule has 2 nitrogen and oxygen atoms in total. The van der Waals surface area contributed by atoms with Gasteiger partial charge in [0.2, 0.25) is 0 Å². The monoisotopic (exact) mass is 289 g/mol. The second-order valence-electron chi connectivity index (χ2n) is 4.95. The van der Waals surface area contributed by atoms with Gasteiger partial charge in [0.1, 0.15) is 0 Å². The minimum Gasteiger partial charge on any atom is -0.349 e. The number of nitrogens with one attached hydrogen (secondary N) is 1. The van der Waals surface area contributed by atoms with Crippen molar-refractivity contribution in [3.63, 3.8) is 0 Å². The number of amides is 1. The highest BCUT2D eigenvalue weighted by Crippen LogP contribution is 2.23. The molecular weight excluding hydrogens is 277 g/mol. The summed E-state index contributed by atoms with van der Waals surface area (Å²) in [6.07, 6.45) is 1.56. The van der Waals surface area contributed by atoms with Gasteiger partial charge in [0.05, 0.1) is 10.6 Å². The lowest BCUT2D eigenvalue weighted by molar-refractivity contribution is 0.0934. The standard InChI is InChI=1S/C16H13ClFNO/c17-14-7-3-6-13(15(14)18)16(20)19-12-8-10-4-1-2-5-11(10)9-12/h1-7,12H,8-9H2,(H,19,20). The van der Waals surface area contributed by atoms with E-state index in [9.17, 15) is 9.18 Å². The second kappa shape index (κ2) is 5.25. The fourth-order valence-corrected chi connectivity index (χ4v) is 2.78. The van der Waals surface area contributed by atoms with E-state index in [-0.39, 0.29) is 16.6 Å². The molecule has 0 heterocycles. The fraction of sp³-hybridized carbons (Fsp3) is 0.188. The summed E-state index contributed by atoms with van der Waals surface area (Å²) in [5.41, 5.74) is 2.47. The first-order valence-corrected chi connectivity index (χ1v) is 6.84. The molecule has 102 valence electrons. The smallest absolute Gasteiger partial charge is 0.254 e. The van der Waals surface area contributed by atoms with Gasteiger partial charge >= 0.3 is 0 Å². The van der Waals surface area contributed by atoms with Gasteiger partial charge in [0.25, 0.3) is 5.91 Å². The Morgan fingerprint density at radius 3 is 2.40 bits per heavy atom. The molecule has 1 amide bonds. The molecule has 2 aromatic carbocycles. The summed E-state index contributed by atoms with van der Waals surface area (Å²) in [7, 11) is 0. The Bertz CT molecular complexity index is 646. The van der Waals surface area contributed by atoms with Crippen LogP contribution in [0.4, 0.5) is 4.39 Å². The maximum Gasteiger partial charge on any atom is 0.254 e. The molecule has 0 atom stereocenters. The van der Waals surface area contributed by atoms with Gasteiger partial charge in [-0.25, -0.2) is 4.39 Å². The SMILES string of the molecule is O=C(NC1Cc2ccccc2C1)c1cccc(Cl)c1F. The van der Waals surface area contributed by atoms with Crippen LogP contribution in [0.1, 0.15) is 21.5 Å². The molecule has 20 heavy (non-hydrogen) atoms. The van der Waals surface area contributed by atoms with Crippen LogP contribution in [0, 0.1) is 5.82 Å². The molecule has 0 radical (unpaired) electrons. The summed E-state index contributed by atoms with van der Waals surface area (Å²) in [5.74, 6) is -1.08. The molecule has 0 spiro atoms. The first-order valence-electron chi connectivity index (χ1n) is 6.47. The van der Waals surface area contributed by atoms with Crippen LogP contribution in [0.5, 0.6) is 0 Å². The van der Waals surface area contributed by atoms with Gasteiger partial charge in [0.15, 0.2) is 5.82 Å². The van der Waals surface area contributed by atoms with Crippen molar-refractivity contribution >= 4 is 17.5 Å².